The maximum absolute atomic E-state index is 12.9. The van der Waals surface area contributed by atoms with Crippen LogP contribution >= 0.6 is 23.2 Å². The van der Waals surface area contributed by atoms with Gasteiger partial charge in [-0.25, -0.2) is 12.7 Å². The van der Waals surface area contributed by atoms with Crippen molar-refractivity contribution < 1.29 is 13.2 Å². The van der Waals surface area contributed by atoms with Crippen LogP contribution in [-0.2, 0) is 20.6 Å². The molecule has 0 radical (unpaired) electrons. The number of piperidine rings is 1. The summed E-state index contributed by atoms with van der Waals surface area (Å²) in [6, 6.07) is 12.6. The lowest BCUT2D eigenvalue weighted by molar-refractivity contribution is -0.126. The van der Waals surface area contributed by atoms with Gasteiger partial charge in [-0.2, -0.15) is 0 Å². The van der Waals surface area contributed by atoms with Gasteiger partial charge in [-0.15, -0.1) is 0 Å². The highest BCUT2D eigenvalue weighted by Crippen LogP contribution is 2.26. The monoisotopic (exact) mass is 468 g/mol. The number of amides is 1. The summed E-state index contributed by atoms with van der Waals surface area (Å²) in [5, 5.41) is 3.81. The second-order valence-corrected chi connectivity index (χ2v) is 10.6. The van der Waals surface area contributed by atoms with Crippen LogP contribution in [0.1, 0.15) is 42.5 Å². The lowest BCUT2D eigenvalue weighted by Crippen LogP contribution is -2.46. The molecule has 1 fully saturated rings. The number of nitrogens with one attached hydrogen (secondary N) is 1. The standard InChI is InChI=1S/C22H26Cl2N2O3S/c1-15-5-7-17(8-6-15)16(2)25-22(27)18-4-3-11-26(13-18)30(28,29)14-19-9-10-20(23)12-21(19)24/h5-10,12,16,18H,3-4,11,13-14H2,1-2H3,(H,25,27)/t16-,18+/m0/s1. The van der Waals surface area contributed by atoms with Crippen LogP contribution in [0.4, 0.5) is 0 Å². The van der Waals surface area contributed by atoms with Gasteiger partial charge in [-0.3, -0.25) is 4.79 Å². The summed E-state index contributed by atoms with van der Waals surface area (Å²) in [7, 11) is -3.60. The van der Waals surface area contributed by atoms with Crippen molar-refractivity contribution >= 4 is 39.1 Å². The quantitative estimate of drug-likeness (QED) is 0.666. The Bertz CT molecular complexity index is 1010. The van der Waals surface area contributed by atoms with Gasteiger partial charge >= 0.3 is 0 Å². The van der Waals surface area contributed by atoms with E-state index in [0.29, 0.717) is 35.0 Å². The van der Waals surface area contributed by atoms with Gasteiger partial charge in [-0.05, 0) is 49.9 Å². The van der Waals surface area contributed by atoms with E-state index in [9.17, 15) is 13.2 Å². The molecule has 0 spiro atoms. The second kappa shape index (κ2) is 9.69. The molecule has 0 bridgehead atoms. The number of carbonyl (C=O) groups excluding carboxylic acids is 1. The predicted molar refractivity (Wildman–Crippen MR) is 121 cm³/mol. The minimum atomic E-state index is -3.60. The van der Waals surface area contributed by atoms with Gasteiger partial charge < -0.3 is 5.32 Å². The van der Waals surface area contributed by atoms with E-state index < -0.39 is 10.0 Å². The first-order valence-electron chi connectivity index (χ1n) is 9.94. The Kier molecular flexibility index (Phi) is 7.45. The van der Waals surface area contributed by atoms with Crippen molar-refractivity contribution in [1.82, 2.24) is 9.62 Å². The smallest absolute Gasteiger partial charge is 0.224 e. The van der Waals surface area contributed by atoms with Gasteiger partial charge in [0, 0.05) is 23.1 Å². The molecule has 0 aromatic heterocycles. The van der Waals surface area contributed by atoms with Crippen molar-refractivity contribution in [3.05, 3.63) is 69.2 Å². The fraction of sp³-hybridized carbons (Fsp3) is 0.409. The normalized spacial score (nSPS) is 18.7. The number of sulfonamides is 1. The van der Waals surface area contributed by atoms with E-state index in [4.69, 9.17) is 23.2 Å². The van der Waals surface area contributed by atoms with Crippen LogP contribution < -0.4 is 5.32 Å². The third kappa shape index (κ3) is 5.76. The largest absolute Gasteiger partial charge is 0.349 e. The Hall–Kier alpha value is -1.60. The zero-order valence-electron chi connectivity index (χ0n) is 17.1. The zero-order valence-corrected chi connectivity index (χ0v) is 19.4. The molecule has 0 unspecified atom stereocenters. The Morgan fingerprint density at radius 1 is 1.20 bits per heavy atom. The number of nitrogens with zero attached hydrogens (tertiary/aromatic N) is 1. The van der Waals surface area contributed by atoms with E-state index in [1.54, 1.807) is 12.1 Å². The highest BCUT2D eigenvalue weighted by atomic mass is 35.5. The first kappa shape index (κ1) is 23.1. The number of rotatable bonds is 6. The van der Waals surface area contributed by atoms with Gasteiger partial charge in [0.1, 0.15) is 0 Å². The molecular formula is C22H26Cl2N2O3S. The van der Waals surface area contributed by atoms with Gasteiger partial charge in [0.2, 0.25) is 15.9 Å². The third-order valence-electron chi connectivity index (χ3n) is 5.44. The van der Waals surface area contributed by atoms with Gasteiger partial charge in [-0.1, -0.05) is 59.1 Å². The lowest BCUT2D eigenvalue weighted by atomic mass is 9.97. The maximum atomic E-state index is 12.9. The van der Waals surface area contributed by atoms with Gasteiger partial charge in [0.15, 0.2) is 0 Å². The molecule has 1 heterocycles. The Morgan fingerprint density at radius 2 is 1.90 bits per heavy atom. The summed E-state index contributed by atoms with van der Waals surface area (Å²) in [5.74, 6) is -0.702. The summed E-state index contributed by atoms with van der Waals surface area (Å²) in [6.07, 6.45) is 1.31. The fourth-order valence-electron chi connectivity index (χ4n) is 3.61. The summed E-state index contributed by atoms with van der Waals surface area (Å²) in [4.78, 5) is 12.8. The molecule has 5 nitrogen and oxygen atoms in total. The second-order valence-electron chi connectivity index (χ2n) is 7.83. The molecule has 3 rings (SSSR count). The van der Waals surface area contributed by atoms with Crippen molar-refractivity contribution in [2.45, 2.75) is 38.5 Å². The fourth-order valence-corrected chi connectivity index (χ4v) is 5.80. The van der Waals surface area contributed by atoms with E-state index >= 15 is 0 Å². The average molecular weight is 469 g/mol. The molecule has 1 saturated heterocycles. The molecule has 30 heavy (non-hydrogen) atoms. The highest BCUT2D eigenvalue weighted by molar-refractivity contribution is 7.88. The topological polar surface area (TPSA) is 66.5 Å². The minimum Gasteiger partial charge on any atom is -0.349 e. The number of carbonyl (C=O) groups is 1. The molecule has 2 aromatic carbocycles. The molecule has 1 amide bonds. The zero-order chi connectivity index (χ0) is 21.9. The molecular weight excluding hydrogens is 443 g/mol. The number of hydrogen-bond acceptors (Lipinski definition) is 3. The lowest BCUT2D eigenvalue weighted by Gasteiger charge is -2.32. The molecule has 2 aromatic rings. The Balaban J connectivity index is 1.64. The first-order chi connectivity index (χ1) is 14.2. The van der Waals surface area contributed by atoms with Crippen molar-refractivity contribution in [2.24, 2.45) is 5.92 Å². The van der Waals surface area contributed by atoms with Crippen LogP contribution in [-0.4, -0.2) is 31.7 Å². The van der Waals surface area contributed by atoms with Crippen molar-refractivity contribution in [1.29, 1.82) is 0 Å². The molecule has 0 aliphatic carbocycles. The molecule has 0 saturated carbocycles. The minimum absolute atomic E-state index is 0.118. The number of hydrogen-bond donors (Lipinski definition) is 1. The van der Waals surface area contributed by atoms with Crippen LogP contribution in [0.5, 0.6) is 0 Å². The van der Waals surface area contributed by atoms with E-state index in [1.165, 1.54) is 10.4 Å². The van der Waals surface area contributed by atoms with Crippen LogP contribution in [0.25, 0.3) is 0 Å². The Morgan fingerprint density at radius 3 is 2.57 bits per heavy atom. The highest BCUT2D eigenvalue weighted by Gasteiger charge is 2.33. The van der Waals surface area contributed by atoms with E-state index in [1.807, 2.05) is 38.1 Å². The van der Waals surface area contributed by atoms with Crippen molar-refractivity contribution in [3.8, 4) is 0 Å². The summed E-state index contributed by atoms with van der Waals surface area (Å²) in [6.45, 7) is 4.54. The van der Waals surface area contributed by atoms with E-state index in [2.05, 4.69) is 5.32 Å². The van der Waals surface area contributed by atoms with Crippen molar-refractivity contribution in [3.63, 3.8) is 0 Å². The van der Waals surface area contributed by atoms with E-state index in [-0.39, 0.29) is 30.2 Å². The number of halogens is 2. The van der Waals surface area contributed by atoms with Crippen LogP contribution in [0, 0.1) is 12.8 Å². The first-order valence-corrected chi connectivity index (χ1v) is 12.3. The van der Waals surface area contributed by atoms with Crippen LogP contribution in [0.2, 0.25) is 10.0 Å². The molecule has 2 atom stereocenters. The predicted octanol–water partition coefficient (Wildman–Crippen LogP) is 4.72. The summed E-state index contributed by atoms with van der Waals surface area (Å²) < 4.78 is 27.3. The van der Waals surface area contributed by atoms with Crippen LogP contribution in [0.3, 0.4) is 0 Å². The number of benzene rings is 2. The molecule has 1 aliphatic heterocycles. The summed E-state index contributed by atoms with van der Waals surface area (Å²) in [5.41, 5.74) is 2.68. The third-order valence-corrected chi connectivity index (χ3v) is 7.82. The number of aryl methyl sites for hydroxylation is 1. The summed E-state index contributed by atoms with van der Waals surface area (Å²) >= 11 is 12.0. The van der Waals surface area contributed by atoms with Gasteiger partial charge in [0.05, 0.1) is 17.7 Å². The van der Waals surface area contributed by atoms with Crippen molar-refractivity contribution in [2.75, 3.05) is 13.1 Å². The molecule has 1 aliphatic rings. The Labute approximate surface area is 188 Å². The maximum Gasteiger partial charge on any atom is 0.224 e. The molecule has 162 valence electrons. The molecule has 8 heteroatoms. The molecule has 1 N–H and O–H groups in total. The van der Waals surface area contributed by atoms with Crippen LogP contribution in [0.15, 0.2) is 42.5 Å². The SMILES string of the molecule is Cc1ccc([C@H](C)NC(=O)[C@@H]2CCCN(S(=O)(=O)Cc3ccc(Cl)cc3Cl)C2)cc1. The average Bonchev–Trinajstić information content (AvgIpc) is 2.70. The van der Waals surface area contributed by atoms with Gasteiger partial charge in [0.25, 0.3) is 0 Å². The van der Waals surface area contributed by atoms with E-state index in [0.717, 1.165) is 11.1 Å².